The van der Waals surface area contributed by atoms with Crippen LogP contribution >= 0.6 is 11.8 Å². The van der Waals surface area contributed by atoms with Gasteiger partial charge in [0.25, 0.3) is 5.91 Å². The van der Waals surface area contributed by atoms with Crippen LogP contribution in [0.2, 0.25) is 0 Å². The number of esters is 1. The van der Waals surface area contributed by atoms with Crippen LogP contribution in [0.5, 0.6) is 0 Å². The van der Waals surface area contributed by atoms with Gasteiger partial charge >= 0.3 is 5.97 Å². The van der Waals surface area contributed by atoms with Crippen LogP contribution in [0.15, 0.2) is 10.6 Å². The molecule has 2 aliphatic rings. The van der Waals surface area contributed by atoms with Crippen molar-refractivity contribution in [3.63, 3.8) is 0 Å². The van der Waals surface area contributed by atoms with Crippen molar-refractivity contribution in [1.29, 1.82) is 0 Å². The molecular formula is C19H27N3O5S. The molecule has 1 aliphatic carbocycles. The minimum Gasteiger partial charge on any atom is -0.455 e. The summed E-state index contributed by atoms with van der Waals surface area (Å²) in [7, 11) is 0. The topological polar surface area (TPSA) is 102 Å². The number of carbonyl (C=O) groups is 3. The van der Waals surface area contributed by atoms with Gasteiger partial charge in [-0.05, 0) is 31.6 Å². The minimum atomic E-state index is -0.490. The number of nitrogens with zero attached hydrogens (tertiary/aromatic N) is 2. The van der Waals surface area contributed by atoms with E-state index >= 15 is 0 Å². The monoisotopic (exact) mass is 409 g/mol. The third kappa shape index (κ3) is 5.98. The van der Waals surface area contributed by atoms with E-state index in [1.165, 1.54) is 25.7 Å². The maximum absolute atomic E-state index is 12.3. The third-order valence-electron chi connectivity index (χ3n) is 5.35. The lowest BCUT2D eigenvalue weighted by Crippen LogP contribution is -2.46. The Balaban J connectivity index is 1.29. The molecule has 2 amide bonds. The zero-order valence-electron chi connectivity index (χ0n) is 16.1. The number of hydrogen-bond acceptors (Lipinski definition) is 7. The molecule has 1 saturated heterocycles. The molecule has 28 heavy (non-hydrogen) atoms. The van der Waals surface area contributed by atoms with Crippen LogP contribution in [-0.2, 0) is 19.1 Å². The lowest BCUT2D eigenvalue weighted by molar-refractivity contribution is -0.151. The van der Waals surface area contributed by atoms with Crippen molar-refractivity contribution < 1.29 is 23.6 Å². The van der Waals surface area contributed by atoms with E-state index in [0.717, 1.165) is 37.2 Å². The number of aryl methyl sites for hydroxylation is 1. The smallest absolute Gasteiger partial charge is 0.316 e. The summed E-state index contributed by atoms with van der Waals surface area (Å²) in [5.74, 6) is 1.51. The number of carbonyl (C=O) groups excluding carboxylic acids is 3. The van der Waals surface area contributed by atoms with E-state index in [4.69, 9.17) is 9.26 Å². The van der Waals surface area contributed by atoms with E-state index in [-0.39, 0.29) is 29.9 Å². The quantitative estimate of drug-likeness (QED) is 0.689. The van der Waals surface area contributed by atoms with Gasteiger partial charge in [-0.2, -0.15) is 0 Å². The molecule has 1 aromatic heterocycles. The van der Waals surface area contributed by atoms with Gasteiger partial charge in [0.1, 0.15) is 5.76 Å². The molecule has 1 aliphatic heterocycles. The fourth-order valence-corrected chi connectivity index (χ4v) is 4.54. The molecule has 8 nitrogen and oxygen atoms in total. The molecule has 9 heteroatoms. The van der Waals surface area contributed by atoms with Crippen molar-refractivity contribution in [1.82, 2.24) is 10.1 Å². The Labute approximate surface area is 168 Å². The molecule has 2 atom stereocenters. The molecule has 0 radical (unpaired) electrons. The molecule has 1 saturated carbocycles. The molecule has 0 unspecified atom stereocenters. The van der Waals surface area contributed by atoms with Crippen LogP contribution in [0.1, 0.15) is 37.9 Å². The number of likely N-dealkylation sites (tertiary alicyclic amines) is 1. The SMILES string of the molecule is Cc1cc(NC(=O)CSCC(=O)OCC(=O)N2CC[C@H]3CCCC[C@@H]3C2)no1. The zero-order chi connectivity index (χ0) is 19.9. The lowest BCUT2D eigenvalue weighted by atomic mass is 9.75. The van der Waals surface area contributed by atoms with Crippen molar-refractivity contribution in [2.45, 2.75) is 39.0 Å². The van der Waals surface area contributed by atoms with Crippen molar-refractivity contribution in [3.05, 3.63) is 11.8 Å². The highest BCUT2D eigenvalue weighted by Gasteiger charge is 2.33. The first kappa shape index (κ1) is 20.7. The van der Waals surface area contributed by atoms with Crippen LogP contribution in [-0.4, -0.2) is 59.0 Å². The zero-order valence-corrected chi connectivity index (χ0v) is 17.0. The fraction of sp³-hybridized carbons (Fsp3) is 0.684. The highest BCUT2D eigenvalue weighted by Crippen LogP contribution is 2.36. The van der Waals surface area contributed by atoms with Gasteiger partial charge in [0.15, 0.2) is 12.4 Å². The number of aromatic nitrogens is 1. The predicted octanol–water partition coefficient (Wildman–Crippen LogP) is 2.24. The molecule has 0 bridgehead atoms. The number of amides is 2. The Morgan fingerprint density at radius 3 is 2.79 bits per heavy atom. The van der Waals surface area contributed by atoms with Crippen LogP contribution < -0.4 is 5.32 Å². The molecular weight excluding hydrogens is 382 g/mol. The second kappa shape index (κ2) is 9.95. The average Bonchev–Trinajstić information content (AvgIpc) is 3.10. The highest BCUT2D eigenvalue weighted by atomic mass is 32.2. The number of thioether (sulfide) groups is 1. The van der Waals surface area contributed by atoms with Gasteiger partial charge in [0.2, 0.25) is 5.91 Å². The molecule has 2 heterocycles. The molecule has 154 valence electrons. The second-order valence-electron chi connectivity index (χ2n) is 7.46. The first-order valence-corrected chi connectivity index (χ1v) is 10.9. The molecule has 0 aromatic carbocycles. The van der Waals surface area contributed by atoms with E-state index in [0.29, 0.717) is 17.5 Å². The average molecular weight is 410 g/mol. The summed E-state index contributed by atoms with van der Waals surface area (Å²) in [5, 5.41) is 6.24. The highest BCUT2D eigenvalue weighted by molar-refractivity contribution is 8.00. The Hall–Kier alpha value is -2.03. The van der Waals surface area contributed by atoms with Crippen LogP contribution in [0.25, 0.3) is 0 Å². The van der Waals surface area contributed by atoms with E-state index in [2.05, 4.69) is 10.5 Å². The first-order valence-electron chi connectivity index (χ1n) is 9.75. The van der Waals surface area contributed by atoms with Gasteiger partial charge in [-0.15, -0.1) is 11.8 Å². The summed E-state index contributed by atoms with van der Waals surface area (Å²) in [6.45, 7) is 3.05. The van der Waals surface area contributed by atoms with E-state index in [9.17, 15) is 14.4 Å². The van der Waals surface area contributed by atoms with Crippen molar-refractivity contribution in [2.24, 2.45) is 11.8 Å². The fourth-order valence-electron chi connectivity index (χ4n) is 3.93. The number of piperidine rings is 1. The van der Waals surface area contributed by atoms with Crippen molar-refractivity contribution >= 4 is 35.4 Å². The summed E-state index contributed by atoms with van der Waals surface area (Å²) >= 11 is 1.13. The summed E-state index contributed by atoms with van der Waals surface area (Å²) < 4.78 is 9.95. The number of hydrogen-bond donors (Lipinski definition) is 1. The second-order valence-corrected chi connectivity index (χ2v) is 8.44. The number of fused-ring (bicyclic) bond motifs is 1. The summed E-state index contributed by atoms with van der Waals surface area (Å²) in [4.78, 5) is 37.8. The predicted molar refractivity (Wildman–Crippen MR) is 105 cm³/mol. The summed E-state index contributed by atoms with van der Waals surface area (Å²) in [6.07, 6.45) is 6.09. The number of anilines is 1. The van der Waals surface area contributed by atoms with Gasteiger partial charge in [0, 0.05) is 19.2 Å². The summed E-state index contributed by atoms with van der Waals surface area (Å²) in [5.41, 5.74) is 0. The number of nitrogens with one attached hydrogen (secondary N) is 1. The maximum Gasteiger partial charge on any atom is 0.316 e. The normalized spacial score (nSPS) is 21.7. The van der Waals surface area contributed by atoms with Crippen LogP contribution in [0, 0.1) is 18.8 Å². The maximum atomic E-state index is 12.3. The van der Waals surface area contributed by atoms with Gasteiger partial charge in [0.05, 0.1) is 11.5 Å². The molecule has 2 fully saturated rings. The molecule has 0 spiro atoms. The minimum absolute atomic E-state index is 0.0171. The Bertz CT molecular complexity index is 707. The van der Waals surface area contributed by atoms with E-state index in [1.807, 2.05) is 4.90 Å². The number of ether oxygens (including phenoxy) is 1. The molecule has 3 rings (SSSR count). The van der Waals surface area contributed by atoms with Gasteiger partial charge < -0.3 is 19.5 Å². The van der Waals surface area contributed by atoms with Crippen molar-refractivity contribution in [2.75, 3.05) is 36.5 Å². The Kier molecular flexibility index (Phi) is 7.36. The van der Waals surface area contributed by atoms with Crippen LogP contribution in [0.3, 0.4) is 0 Å². The van der Waals surface area contributed by atoms with Gasteiger partial charge in [-0.3, -0.25) is 14.4 Å². The van der Waals surface area contributed by atoms with Crippen molar-refractivity contribution in [3.8, 4) is 0 Å². The third-order valence-corrected chi connectivity index (χ3v) is 6.26. The Morgan fingerprint density at radius 1 is 1.25 bits per heavy atom. The first-order chi connectivity index (χ1) is 13.5. The molecule has 1 N–H and O–H groups in total. The number of rotatable bonds is 7. The van der Waals surface area contributed by atoms with E-state index < -0.39 is 5.97 Å². The lowest BCUT2D eigenvalue weighted by Gasteiger charge is -2.41. The largest absolute Gasteiger partial charge is 0.455 e. The van der Waals surface area contributed by atoms with Crippen LogP contribution in [0.4, 0.5) is 5.82 Å². The Morgan fingerprint density at radius 2 is 2.04 bits per heavy atom. The molecule has 1 aromatic rings. The van der Waals surface area contributed by atoms with E-state index in [1.54, 1.807) is 13.0 Å². The summed E-state index contributed by atoms with van der Waals surface area (Å²) in [6, 6.07) is 1.61. The van der Waals surface area contributed by atoms with Gasteiger partial charge in [-0.1, -0.05) is 24.4 Å². The standard InChI is InChI=1S/C19H27N3O5S/c1-13-8-16(21-27-13)20-17(23)11-28-12-19(25)26-10-18(24)22-7-6-14-4-2-3-5-15(14)9-22/h8,14-15H,2-7,9-12H2,1H3,(H,20,21,23)/t14-,15-/m1/s1. The van der Waals surface area contributed by atoms with Gasteiger partial charge in [-0.25, -0.2) is 0 Å².